The van der Waals surface area contributed by atoms with E-state index >= 15 is 0 Å². The Bertz CT molecular complexity index is 479. The number of non-ortho nitro benzene ring substituents is 1. The molecule has 1 aliphatic rings. The molecule has 19 heavy (non-hydrogen) atoms. The Labute approximate surface area is 122 Å². The topological polar surface area (TPSA) is 46.4 Å². The van der Waals surface area contributed by atoms with Crippen molar-refractivity contribution in [1.29, 1.82) is 0 Å². The lowest BCUT2D eigenvalue weighted by Crippen LogP contribution is -2.42. The van der Waals surface area contributed by atoms with Crippen LogP contribution in [0.5, 0.6) is 0 Å². The Morgan fingerprint density at radius 3 is 2.84 bits per heavy atom. The summed E-state index contributed by atoms with van der Waals surface area (Å²) < 4.78 is 0. The van der Waals surface area contributed by atoms with E-state index in [4.69, 9.17) is 0 Å². The van der Waals surface area contributed by atoms with Crippen LogP contribution in [-0.4, -0.2) is 17.5 Å². The van der Waals surface area contributed by atoms with Crippen molar-refractivity contribution in [2.45, 2.75) is 38.1 Å². The summed E-state index contributed by atoms with van der Waals surface area (Å²) in [6.07, 6.45) is 2.44. The Morgan fingerprint density at radius 2 is 2.21 bits per heavy atom. The van der Waals surface area contributed by atoms with Gasteiger partial charge in [-0.15, -0.1) is 0 Å². The summed E-state index contributed by atoms with van der Waals surface area (Å²) in [5.41, 5.74) is 2.28. The van der Waals surface area contributed by atoms with Crippen molar-refractivity contribution < 1.29 is 4.92 Å². The first kappa shape index (κ1) is 14.3. The van der Waals surface area contributed by atoms with Crippen molar-refractivity contribution in [3.05, 3.63) is 33.9 Å². The zero-order valence-corrected chi connectivity index (χ0v) is 12.9. The van der Waals surface area contributed by atoms with E-state index in [1.165, 1.54) is 12.8 Å². The fourth-order valence-corrected chi connectivity index (χ4v) is 3.20. The fourth-order valence-electron chi connectivity index (χ4n) is 2.75. The zero-order valence-electron chi connectivity index (χ0n) is 11.3. The van der Waals surface area contributed by atoms with Gasteiger partial charge in [0.2, 0.25) is 0 Å². The average Bonchev–Trinajstić information content (AvgIpc) is 2.41. The van der Waals surface area contributed by atoms with Crippen molar-refractivity contribution >= 4 is 27.3 Å². The van der Waals surface area contributed by atoms with Crippen LogP contribution >= 0.6 is 15.9 Å². The molecule has 0 aliphatic carbocycles. The first-order chi connectivity index (χ1) is 9.04. The lowest BCUT2D eigenvalue weighted by atomic mass is 9.91. The number of nitro groups is 1. The normalized spacial score (nSPS) is 23.4. The van der Waals surface area contributed by atoms with Gasteiger partial charge in [-0.25, -0.2) is 0 Å². The summed E-state index contributed by atoms with van der Waals surface area (Å²) in [4.78, 5) is 12.9. The molecule has 5 heteroatoms. The average molecular weight is 327 g/mol. The van der Waals surface area contributed by atoms with E-state index in [2.05, 4.69) is 34.7 Å². The molecular weight excluding hydrogens is 308 g/mol. The van der Waals surface area contributed by atoms with E-state index in [9.17, 15) is 10.1 Å². The number of hydrogen-bond donors (Lipinski definition) is 0. The Balaban J connectivity index is 2.35. The molecule has 0 saturated carbocycles. The van der Waals surface area contributed by atoms with Crippen molar-refractivity contribution in [3.8, 4) is 0 Å². The third-order valence-electron chi connectivity index (χ3n) is 4.10. The molecule has 0 aromatic heterocycles. The van der Waals surface area contributed by atoms with E-state index in [1.54, 1.807) is 12.1 Å². The first-order valence-electron chi connectivity index (χ1n) is 6.64. The minimum atomic E-state index is -0.335. The van der Waals surface area contributed by atoms with Crippen molar-refractivity contribution in [1.82, 2.24) is 0 Å². The van der Waals surface area contributed by atoms with Crippen LogP contribution in [0.4, 0.5) is 11.4 Å². The molecule has 1 aliphatic heterocycles. The second-order valence-corrected chi connectivity index (χ2v) is 5.82. The highest BCUT2D eigenvalue weighted by atomic mass is 79.9. The maximum Gasteiger partial charge on any atom is 0.269 e. The van der Waals surface area contributed by atoms with Gasteiger partial charge in [-0.2, -0.15) is 0 Å². The van der Waals surface area contributed by atoms with Crippen LogP contribution in [0.2, 0.25) is 0 Å². The minimum absolute atomic E-state index is 0.163. The molecule has 0 spiro atoms. The number of anilines is 1. The molecule has 0 N–H and O–H groups in total. The number of nitro benzene ring substituents is 1. The summed E-state index contributed by atoms with van der Waals surface area (Å²) in [6.45, 7) is 5.54. The standard InChI is InChI=1S/C14H19BrN2O2/c1-10-4-3-7-16(11(10)2)14-6-5-13(17(18)19)8-12(14)9-15/h5-6,8,10-11H,3-4,7,9H2,1-2H3. The molecule has 1 aromatic rings. The Kier molecular flexibility index (Phi) is 4.45. The lowest BCUT2D eigenvalue weighted by molar-refractivity contribution is -0.384. The summed E-state index contributed by atoms with van der Waals surface area (Å²) in [6, 6.07) is 5.65. The Morgan fingerprint density at radius 1 is 1.47 bits per heavy atom. The van der Waals surface area contributed by atoms with Gasteiger partial charge in [0.25, 0.3) is 5.69 Å². The second kappa shape index (κ2) is 5.90. The largest absolute Gasteiger partial charge is 0.368 e. The number of nitrogens with zero attached hydrogens (tertiary/aromatic N) is 2. The predicted molar refractivity (Wildman–Crippen MR) is 80.9 cm³/mol. The minimum Gasteiger partial charge on any atom is -0.368 e. The van der Waals surface area contributed by atoms with Gasteiger partial charge in [0.05, 0.1) is 4.92 Å². The molecular formula is C14H19BrN2O2. The maximum atomic E-state index is 10.8. The van der Waals surface area contributed by atoms with Gasteiger partial charge in [-0.3, -0.25) is 10.1 Å². The smallest absolute Gasteiger partial charge is 0.269 e. The number of piperidine rings is 1. The molecule has 1 heterocycles. The van der Waals surface area contributed by atoms with Crippen LogP contribution < -0.4 is 4.90 Å². The van der Waals surface area contributed by atoms with Crippen molar-refractivity contribution in [2.24, 2.45) is 5.92 Å². The molecule has 4 nitrogen and oxygen atoms in total. The molecule has 0 amide bonds. The highest BCUT2D eigenvalue weighted by Crippen LogP contribution is 2.33. The number of hydrogen-bond acceptors (Lipinski definition) is 3. The summed E-state index contributed by atoms with van der Waals surface area (Å²) in [5.74, 6) is 0.659. The lowest BCUT2D eigenvalue weighted by Gasteiger charge is -2.40. The van der Waals surface area contributed by atoms with E-state index in [0.717, 1.165) is 17.8 Å². The third kappa shape index (κ3) is 2.91. The number of halogens is 1. The monoisotopic (exact) mass is 326 g/mol. The summed E-state index contributed by atoms with van der Waals surface area (Å²) in [5, 5.41) is 11.5. The second-order valence-electron chi connectivity index (χ2n) is 5.26. The molecule has 2 atom stereocenters. The van der Waals surface area contributed by atoms with Crippen molar-refractivity contribution in [3.63, 3.8) is 0 Å². The third-order valence-corrected chi connectivity index (χ3v) is 4.71. The zero-order chi connectivity index (χ0) is 14.0. The summed E-state index contributed by atoms with van der Waals surface area (Å²) >= 11 is 3.44. The molecule has 2 unspecified atom stereocenters. The molecule has 1 aromatic carbocycles. The molecule has 1 saturated heterocycles. The van der Waals surface area contributed by atoms with Crippen LogP contribution in [0.1, 0.15) is 32.3 Å². The molecule has 104 valence electrons. The molecule has 2 rings (SSSR count). The molecule has 0 radical (unpaired) electrons. The molecule has 0 bridgehead atoms. The van der Waals surface area contributed by atoms with Crippen LogP contribution in [0, 0.1) is 16.0 Å². The van der Waals surface area contributed by atoms with Crippen molar-refractivity contribution in [2.75, 3.05) is 11.4 Å². The van der Waals surface area contributed by atoms with Gasteiger partial charge < -0.3 is 4.90 Å². The SMILES string of the molecule is CC1CCCN(c2ccc([N+](=O)[O-])cc2CBr)C1C. The fraction of sp³-hybridized carbons (Fsp3) is 0.571. The van der Waals surface area contributed by atoms with E-state index in [0.29, 0.717) is 17.3 Å². The van der Waals surface area contributed by atoms with Crippen LogP contribution in [0.15, 0.2) is 18.2 Å². The maximum absolute atomic E-state index is 10.8. The highest BCUT2D eigenvalue weighted by molar-refractivity contribution is 9.08. The van der Waals surface area contributed by atoms with Gasteiger partial charge >= 0.3 is 0 Å². The van der Waals surface area contributed by atoms with Gasteiger partial charge in [0.1, 0.15) is 0 Å². The van der Waals surface area contributed by atoms with Gasteiger partial charge in [-0.05, 0) is 37.3 Å². The van der Waals surface area contributed by atoms with Crippen LogP contribution in [0.3, 0.4) is 0 Å². The van der Waals surface area contributed by atoms with Gasteiger partial charge in [0.15, 0.2) is 0 Å². The Hall–Kier alpha value is -1.10. The molecule has 1 fully saturated rings. The van der Waals surface area contributed by atoms with E-state index in [-0.39, 0.29) is 10.6 Å². The number of alkyl halides is 1. The van der Waals surface area contributed by atoms with Gasteiger partial charge in [-0.1, -0.05) is 22.9 Å². The number of benzene rings is 1. The van der Waals surface area contributed by atoms with Crippen LogP contribution in [0.25, 0.3) is 0 Å². The van der Waals surface area contributed by atoms with Crippen LogP contribution in [-0.2, 0) is 5.33 Å². The quantitative estimate of drug-likeness (QED) is 0.477. The predicted octanol–water partition coefficient (Wildman–Crippen LogP) is 4.11. The highest BCUT2D eigenvalue weighted by Gasteiger charge is 2.26. The van der Waals surface area contributed by atoms with E-state index in [1.807, 2.05) is 6.07 Å². The van der Waals surface area contributed by atoms with Gasteiger partial charge in [0, 0.05) is 35.7 Å². The van der Waals surface area contributed by atoms with E-state index < -0.39 is 0 Å². The summed E-state index contributed by atoms with van der Waals surface area (Å²) in [7, 11) is 0. The number of rotatable bonds is 3. The first-order valence-corrected chi connectivity index (χ1v) is 7.76.